The van der Waals surface area contributed by atoms with Gasteiger partial charge in [0.1, 0.15) is 0 Å². The molecular weight excluding hydrogens is 200 g/mol. The van der Waals surface area contributed by atoms with Crippen LogP contribution in [0.25, 0.3) is 5.57 Å². The summed E-state index contributed by atoms with van der Waals surface area (Å²) in [7, 11) is 0. The van der Waals surface area contributed by atoms with Gasteiger partial charge in [-0.2, -0.15) is 0 Å². The van der Waals surface area contributed by atoms with Gasteiger partial charge in [-0.25, -0.2) is 4.79 Å². The summed E-state index contributed by atoms with van der Waals surface area (Å²) in [5, 5.41) is 0.702. The summed E-state index contributed by atoms with van der Waals surface area (Å²) in [6.45, 7) is 0.466. The monoisotopic (exact) mass is 208 g/mol. The van der Waals surface area contributed by atoms with E-state index in [-0.39, 0.29) is 5.97 Å². The molecule has 0 N–H and O–H groups in total. The summed E-state index contributed by atoms with van der Waals surface area (Å²) in [5.74, 6) is -0.263. The zero-order valence-corrected chi connectivity index (χ0v) is 8.25. The van der Waals surface area contributed by atoms with E-state index >= 15 is 0 Å². The molecule has 0 fully saturated rings. The second kappa shape index (κ2) is 3.84. The highest BCUT2D eigenvalue weighted by atomic mass is 35.5. The predicted molar refractivity (Wildman–Crippen MR) is 55.0 cm³/mol. The largest absolute Gasteiger partial charge is 0.462 e. The molecule has 1 aliphatic rings. The topological polar surface area (TPSA) is 26.3 Å². The molecule has 0 radical (unpaired) electrons. The highest BCUT2D eigenvalue weighted by Gasteiger charge is 2.11. The Morgan fingerprint density at radius 3 is 2.57 bits per heavy atom. The van der Waals surface area contributed by atoms with Crippen LogP contribution in [-0.4, -0.2) is 12.6 Å². The molecule has 2 nitrogen and oxygen atoms in total. The van der Waals surface area contributed by atoms with E-state index in [2.05, 4.69) is 0 Å². The maximum atomic E-state index is 11.0. The predicted octanol–water partition coefficient (Wildman–Crippen LogP) is 2.67. The zero-order valence-electron chi connectivity index (χ0n) is 7.50. The molecule has 0 spiro atoms. The molecule has 2 rings (SSSR count). The second-order valence-electron chi connectivity index (χ2n) is 3.09. The van der Waals surface area contributed by atoms with Crippen molar-refractivity contribution in [1.82, 2.24) is 0 Å². The van der Waals surface area contributed by atoms with Crippen LogP contribution in [0.15, 0.2) is 30.3 Å². The van der Waals surface area contributed by atoms with Gasteiger partial charge < -0.3 is 4.74 Å². The van der Waals surface area contributed by atoms with E-state index in [9.17, 15) is 4.79 Å². The maximum Gasteiger partial charge on any atom is 0.331 e. The average Bonchev–Trinajstić information content (AvgIpc) is 2.19. The van der Waals surface area contributed by atoms with Crippen molar-refractivity contribution in [2.45, 2.75) is 6.42 Å². The summed E-state index contributed by atoms with van der Waals surface area (Å²) in [6, 6.07) is 7.45. The molecule has 1 aromatic rings. The van der Waals surface area contributed by atoms with Crippen LogP contribution in [0, 0.1) is 0 Å². The van der Waals surface area contributed by atoms with Gasteiger partial charge in [-0.1, -0.05) is 23.7 Å². The van der Waals surface area contributed by atoms with Crippen LogP contribution in [0.3, 0.4) is 0 Å². The molecule has 1 heterocycles. The number of rotatable bonds is 1. The van der Waals surface area contributed by atoms with Crippen LogP contribution in [0.5, 0.6) is 0 Å². The summed E-state index contributed by atoms with van der Waals surface area (Å²) < 4.78 is 4.81. The van der Waals surface area contributed by atoms with E-state index in [1.807, 2.05) is 24.3 Å². The first kappa shape index (κ1) is 9.28. The molecule has 3 heteroatoms. The molecule has 0 atom stereocenters. The number of ether oxygens (including phenoxy) is 1. The number of halogens is 1. The molecule has 14 heavy (non-hydrogen) atoms. The number of carbonyl (C=O) groups excluding carboxylic acids is 1. The van der Waals surface area contributed by atoms with Crippen molar-refractivity contribution in [3.8, 4) is 0 Å². The SMILES string of the molecule is O=C1C=C(c2ccc(Cl)cc2)CCO1. The van der Waals surface area contributed by atoms with Gasteiger partial charge in [0.25, 0.3) is 0 Å². The van der Waals surface area contributed by atoms with E-state index in [1.54, 1.807) is 0 Å². The van der Waals surface area contributed by atoms with Crippen LogP contribution in [-0.2, 0) is 9.53 Å². The zero-order chi connectivity index (χ0) is 9.97. The number of hydrogen-bond donors (Lipinski definition) is 0. The molecule has 72 valence electrons. The smallest absolute Gasteiger partial charge is 0.331 e. The van der Waals surface area contributed by atoms with Crippen LogP contribution in [0.1, 0.15) is 12.0 Å². The third-order valence-corrected chi connectivity index (χ3v) is 2.37. The van der Waals surface area contributed by atoms with Crippen LogP contribution in [0.2, 0.25) is 5.02 Å². The normalized spacial score (nSPS) is 16.1. The fourth-order valence-corrected chi connectivity index (χ4v) is 1.54. The number of cyclic esters (lactones) is 1. The minimum Gasteiger partial charge on any atom is -0.462 e. The van der Waals surface area contributed by atoms with Gasteiger partial charge in [0.05, 0.1) is 6.61 Å². The average molecular weight is 209 g/mol. The first-order valence-corrected chi connectivity index (χ1v) is 4.77. The van der Waals surface area contributed by atoms with E-state index in [4.69, 9.17) is 16.3 Å². The van der Waals surface area contributed by atoms with E-state index in [1.165, 1.54) is 6.08 Å². The number of benzene rings is 1. The quantitative estimate of drug-likeness (QED) is 0.664. The Morgan fingerprint density at radius 2 is 1.93 bits per heavy atom. The second-order valence-corrected chi connectivity index (χ2v) is 3.53. The molecule has 1 aromatic carbocycles. The van der Waals surface area contributed by atoms with Crippen LogP contribution >= 0.6 is 11.6 Å². The molecule has 0 saturated heterocycles. The van der Waals surface area contributed by atoms with Gasteiger partial charge in [0, 0.05) is 17.5 Å². The van der Waals surface area contributed by atoms with Gasteiger partial charge in [0.15, 0.2) is 0 Å². The van der Waals surface area contributed by atoms with Crippen molar-refractivity contribution in [2.75, 3.05) is 6.61 Å². The van der Waals surface area contributed by atoms with Crippen molar-refractivity contribution in [2.24, 2.45) is 0 Å². The molecule has 0 unspecified atom stereocenters. The van der Waals surface area contributed by atoms with Crippen molar-refractivity contribution in [3.05, 3.63) is 40.9 Å². The summed E-state index contributed by atoms with van der Waals surface area (Å²) >= 11 is 5.77. The lowest BCUT2D eigenvalue weighted by Gasteiger charge is -2.13. The van der Waals surface area contributed by atoms with Crippen molar-refractivity contribution < 1.29 is 9.53 Å². The maximum absolute atomic E-state index is 11.0. The first-order valence-electron chi connectivity index (χ1n) is 4.39. The number of esters is 1. The molecule has 0 saturated carbocycles. The van der Waals surface area contributed by atoms with E-state index < -0.39 is 0 Å². The minimum atomic E-state index is -0.263. The number of carbonyl (C=O) groups is 1. The third-order valence-electron chi connectivity index (χ3n) is 2.12. The Hall–Kier alpha value is -1.28. The lowest BCUT2D eigenvalue weighted by molar-refractivity contribution is -0.138. The van der Waals surface area contributed by atoms with Gasteiger partial charge in [0.2, 0.25) is 0 Å². The fraction of sp³-hybridized carbons (Fsp3) is 0.182. The Labute approximate surface area is 87.1 Å². The minimum absolute atomic E-state index is 0.263. The first-order chi connectivity index (χ1) is 6.75. The van der Waals surface area contributed by atoms with Gasteiger partial charge in [-0.05, 0) is 23.3 Å². The summed E-state index contributed by atoms with van der Waals surface area (Å²) in [6.07, 6.45) is 2.31. The highest BCUT2D eigenvalue weighted by Crippen LogP contribution is 2.22. The van der Waals surface area contributed by atoms with E-state index in [0.717, 1.165) is 17.6 Å². The Morgan fingerprint density at radius 1 is 1.21 bits per heavy atom. The molecule has 0 amide bonds. The molecule has 0 bridgehead atoms. The van der Waals surface area contributed by atoms with Gasteiger partial charge in [-0.15, -0.1) is 0 Å². The van der Waals surface area contributed by atoms with Gasteiger partial charge in [-0.3, -0.25) is 0 Å². The standard InChI is InChI=1S/C11H9ClO2/c12-10-3-1-8(2-4-10)9-5-6-14-11(13)7-9/h1-4,7H,5-6H2. The lowest BCUT2D eigenvalue weighted by atomic mass is 10.0. The fourth-order valence-electron chi connectivity index (χ4n) is 1.41. The molecule has 0 aliphatic carbocycles. The lowest BCUT2D eigenvalue weighted by Crippen LogP contribution is -2.09. The Bertz CT molecular complexity index is 379. The molecule has 1 aliphatic heterocycles. The summed E-state index contributed by atoms with van der Waals surface area (Å²) in [5.41, 5.74) is 2.05. The highest BCUT2D eigenvalue weighted by molar-refractivity contribution is 6.30. The summed E-state index contributed by atoms with van der Waals surface area (Å²) in [4.78, 5) is 11.0. The third kappa shape index (κ3) is 1.96. The van der Waals surface area contributed by atoms with Crippen LogP contribution < -0.4 is 0 Å². The van der Waals surface area contributed by atoms with Crippen molar-refractivity contribution in [3.63, 3.8) is 0 Å². The Balaban J connectivity index is 2.30. The van der Waals surface area contributed by atoms with Crippen LogP contribution in [0.4, 0.5) is 0 Å². The van der Waals surface area contributed by atoms with Gasteiger partial charge >= 0.3 is 5.97 Å². The molecule has 0 aromatic heterocycles. The van der Waals surface area contributed by atoms with E-state index in [0.29, 0.717) is 11.6 Å². The van der Waals surface area contributed by atoms with Crippen molar-refractivity contribution in [1.29, 1.82) is 0 Å². The van der Waals surface area contributed by atoms with Crippen molar-refractivity contribution >= 4 is 23.1 Å². The number of hydrogen-bond acceptors (Lipinski definition) is 2. The Kier molecular flexibility index (Phi) is 2.55. The molecular formula is C11H9ClO2.